The molecule has 0 unspecified atom stereocenters. The summed E-state index contributed by atoms with van der Waals surface area (Å²) in [5.41, 5.74) is 6.22. The number of nitrogens with two attached hydrogens (primary N) is 1. The highest BCUT2D eigenvalue weighted by molar-refractivity contribution is 5.77. The third-order valence-electron chi connectivity index (χ3n) is 5.64. The summed E-state index contributed by atoms with van der Waals surface area (Å²) in [6.07, 6.45) is 1.93. The number of fused-ring (bicyclic) bond motifs is 1. The van der Waals surface area contributed by atoms with Crippen molar-refractivity contribution in [2.24, 2.45) is 11.1 Å². The van der Waals surface area contributed by atoms with Crippen LogP contribution >= 0.6 is 0 Å². The molecule has 0 aliphatic heterocycles. The van der Waals surface area contributed by atoms with Gasteiger partial charge in [-0.1, -0.05) is 20.8 Å². The van der Waals surface area contributed by atoms with Gasteiger partial charge in [0, 0.05) is 11.5 Å². The zero-order valence-corrected chi connectivity index (χ0v) is 15.3. The number of ether oxygens (including phenoxy) is 1. The first kappa shape index (κ1) is 18.1. The zero-order chi connectivity index (χ0) is 19.1. The van der Waals surface area contributed by atoms with Crippen LogP contribution in [-0.2, 0) is 4.74 Å². The summed E-state index contributed by atoms with van der Waals surface area (Å²) in [6, 6.07) is 7.29. The molecule has 138 valence electrons. The van der Waals surface area contributed by atoms with Crippen LogP contribution in [0.25, 0.3) is 11.0 Å². The molecule has 1 aliphatic rings. The summed E-state index contributed by atoms with van der Waals surface area (Å²) in [5, 5.41) is 9.03. The number of imidazole rings is 1. The monoisotopic (exact) mass is 356 g/mol. The van der Waals surface area contributed by atoms with Crippen LogP contribution in [0.4, 0.5) is 4.79 Å². The molecule has 26 heavy (non-hydrogen) atoms. The second-order valence-corrected chi connectivity index (χ2v) is 8.04. The molecular weight excluding hydrogens is 332 g/mol. The molecule has 0 spiro atoms. The number of nitriles is 1. The van der Waals surface area contributed by atoms with E-state index >= 15 is 0 Å². The molecule has 1 aromatic heterocycles. The Kier molecular flexibility index (Phi) is 4.31. The molecule has 1 fully saturated rings. The van der Waals surface area contributed by atoms with Gasteiger partial charge < -0.3 is 15.5 Å². The first-order valence-electron chi connectivity index (χ1n) is 8.80. The zero-order valence-electron chi connectivity index (χ0n) is 15.3. The lowest BCUT2D eigenvalue weighted by Gasteiger charge is -2.47. The van der Waals surface area contributed by atoms with Crippen LogP contribution in [0.5, 0.6) is 0 Å². The molecule has 1 heterocycles. The molecular formula is C19H24N4O3. The van der Waals surface area contributed by atoms with Gasteiger partial charge >= 0.3 is 11.8 Å². The van der Waals surface area contributed by atoms with Crippen LogP contribution in [0.2, 0.25) is 0 Å². The van der Waals surface area contributed by atoms with Gasteiger partial charge in [-0.05, 0) is 43.9 Å². The Morgan fingerprint density at radius 2 is 2.04 bits per heavy atom. The quantitative estimate of drug-likeness (QED) is 0.860. The highest BCUT2D eigenvalue weighted by atomic mass is 16.6. The van der Waals surface area contributed by atoms with Gasteiger partial charge in [0.1, 0.15) is 5.60 Å². The van der Waals surface area contributed by atoms with Crippen LogP contribution in [-0.4, -0.2) is 21.2 Å². The van der Waals surface area contributed by atoms with Crippen LogP contribution in [0.15, 0.2) is 23.0 Å². The molecule has 0 bridgehead atoms. The molecule has 0 saturated heterocycles. The van der Waals surface area contributed by atoms with Crippen LogP contribution in [0, 0.1) is 16.7 Å². The number of hydrogen-bond donors (Lipinski definition) is 2. The maximum absolute atomic E-state index is 12.5. The van der Waals surface area contributed by atoms with Crippen LogP contribution in [0.3, 0.4) is 0 Å². The molecule has 3 N–H and O–H groups in total. The number of rotatable bonds is 2. The van der Waals surface area contributed by atoms with E-state index in [0.29, 0.717) is 36.8 Å². The van der Waals surface area contributed by atoms with Gasteiger partial charge in [0.15, 0.2) is 0 Å². The number of primary amides is 1. The van der Waals surface area contributed by atoms with Crippen molar-refractivity contribution in [1.29, 1.82) is 5.26 Å². The lowest BCUT2D eigenvalue weighted by atomic mass is 9.67. The van der Waals surface area contributed by atoms with E-state index in [1.807, 2.05) is 20.8 Å². The summed E-state index contributed by atoms with van der Waals surface area (Å²) in [7, 11) is 0. The third-order valence-corrected chi connectivity index (χ3v) is 5.64. The Balaban J connectivity index is 1.92. The molecule has 3 rings (SSSR count). The average molecular weight is 356 g/mol. The first-order chi connectivity index (χ1) is 12.2. The molecule has 2 aromatic rings. The van der Waals surface area contributed by atoms with Crippen molar-refractivity contribution in [3.8, 4) is 6.07 Å². The number of aromatic nitrogens is 2. The van der Waals surface area contributed by atoms with Gasteiger partial charge in [-0.15, -0.1) is 0 Å². The maximum atomic E-state index is 12.5. The second kappa shape index (κ2) is 6.20. The van der Waals surface area contributed by atoms with Crippen molar-refractivity contribution < 1.29 is 9.53 Å². The minimum atomic E-state index is -0.758. The van der Waals surface area contributed by atoms with E-state index in [0.717, 1.165) is 5.52 Å². The van der Waals surface area contributed by atoms with Crippen molar-refractivity contribution in [2.45, 2.75) is 58.1 Å². The lowest BCUT2D eigenvalue weighted by molar-refractivity contribution is -0.0954. The number of carbonyl (C=O) groups is 1. The predicted molar refractivity (Wildman–Crippen MR) is 97.6 cm³/mol. The number of nitrogens with one attached hydrogen (secondary N) is 1. The third kappa shape index (κ3) is 2.96. The van der Waals surface area contributed by atoms with Crippen molar-refractivity contribution in [1.82, 2.24) is 9.55 Å². The summed E-state index contributed by atoms with van der Waals surface area (Å²) in [6.45, 7) is 6.12. The number of amides is 1. The van der Waals surface area contributed by atoms with Crippen molar-refractivity contribution >= 4 is 17.1 Å². The van der Waals surface area contributed by atoms with E-state index in [1.54, 1.807) is 22.8 Å². The van der Waals surface area contributed by atoms with Gasteiger partial charge in [0.05, 0.1) is 22.7 Å². The van der Waals surface area contributed by atoms with Gasteiger partial charge in [0.25, 0.3) is 0 Å². The predicted octanol–water partition coefficient (Wildman–Crippen LogP) is 3.20. The van der Waals surface area contributed by atoms with E-state index in [9.17, 15) is 9.59 Å². The number of benzene rings is 1. The normalized spacial score (nSPS) is 23.5. The highest BCUT2D eigenvalue weighted by Crippen LogP contribution is 2.47. The highest BCUT2D eigenvalue weighted by Gasteiger charge is 2.48. The van der Waals surface area contributed by atoms with E-state index in [2.05, 4.69) is 11.1 Å². The fourth-order valence-corrected chi connectivity index (χ4v) is 4.09. The number of hydrogen-bond acceptors (Lipinski definition) is 4. The van der Waals surface area contributed by atoms with Gasteiger partial charge in [-0.25, -0.2) is 9.59 Å². The molecule has 0 atom stereocenters. The first-order valence-corrected chi connectivity index (χ1v) is 8.80. The van der Waals surface area contributed by atoms with Crippen molar-refractivity contribution in [3.63, 3.8) is 0 Å². The number of nitrogens with zero attached hydrogens (tertiary/aromatic N) is 2. The summed E-state index contributed by atoms with van der Waals surface area (Å²) in [4.78, 5) is 26.8. The number of aromatic amines is 1. The van der Waals surface area contributed by atoms with Crippen LogP contribution < -0.4 is 11.4 Å². The van der Waals surface area contributed by atoms with E-state index < -0.39 is 11.7 Å². The van der Waals surface area contributed by atoms with Gasteiger partial charge in [-0.3, -0.25) is 4.57 Å². The van der Waals surface area contributed by atoms with Gasteiger partial charge in [0.2, 0.25) is 0 Å². The SMILES string of the molecule is CC(C)(C)C1(OC(N)=O)CCC(n2c(=O)[nH]c3cc(C#N)ccc32)CC1. The smallest absolute Gasteiger partial charge is 0.405 e. The Morgan fingerprint density at radius 3 is 2.58 bits per heavy atom. The van der Waals surface area contributed by atoms with Crippen molar-refractivity contribution in [3.05, 3.63) is 34.2 Å². The van der Waals surface area contributed by atoms with E-state index in [1.165, 1.54) is 0 Å². The minimum Gasteiger partial charge on any atom is -0.443 e. The topological polar surface area (TPSA) is 114 Å². The Morgan fingerprint density at radius 1 is 1.38 bits per heavy atom. The lowest BCUT2D eigenvalue weighted by Crippen LogP contribution is -2.50. The fourth-order valence-electron chi connectivity index (χ4n) is 4.09. The average Bonchev–Trinajstić information content (AvgIpc) is 2.88. The fraction of sp³-hybridized carbons (Fsp3) is 0.526. The number of carbonyl (C=O) groups excluding carboxylic acids is 1. The second-order valence-electron chi connectivity index (χ2n) is 8.04. The minimum absolute atomic E-state index is 0.0103. The molecule has 1 aliphatic carbocycles. The van der Waals surface area contributed by atoms with Crippen LogP contribution in [0.1, 0.15) is 58.1 Å². The van der Waals surface area contributed by atoms with Crippen molar-refractivity contribution in [2.75, 3.05) is 0 Å². The molecule has 1 amide bonds. The standard InChI is InChI=1S/C19H24N4O3/c1-18(2,3)19(26-16(21)24)8-6-13(7-9-19)23-15-5-4-12(11-20)10-14(15)22-17(23)25/h4-5,10,13H,6-9H2,1-3H3,(H2,21,24)(H,22,25). The molecule has 7 nitrogen and oxygen atoms in total. The Bertz CT molecular complexity index is 934. The molecule has 7 heteroatoms. The Labute approximate surface area is 151 Å². The van der Waals surface area contributed by atoms with E-state index in [4.69, 9.17) is 15.7 Å². The summed E-state index contributed by atoms with van der Waals surface area (Å²) < 4.78 is 7.32. The Hall–Kier alpha value is -2.75. The molecule has 1 aromatic carbocycles. The summed E-state index contributed by atoms with van der Waals surface area (Å²) in [5.74, 6) is 0. The molecule has 0 radical (unpaired) electrons. The summed E-state index contributed by atoms with van der Waals surface area (Å²) >= 11 is 0. The number of H-pyrrole nitrogens is 1. The maximum Gasteiger partial charge on any atom is 0.405 e. The molecule has 1 saturated carbocycles. The van der Waals surface area contributed by atoms with Gasteiger partial charge in [-0.2, -0.15) is 5.26 Å². The largest absolute Gasteiger partial charge is 0.443 e. The van der Waals surface area contributed by atoms with E-state index in [-0.39, 0.29) is 17.1 Å².